The number of aromatic hydroxyl groups is 1. The molecule has 1 N–H and O–H groups in total. The van der Waals surface area contributed by atoms with E-state index in [0.717, 1.165) is 0 Å². The van der Waals surface area contributed by atoms with Crippen LogP contribution in [-0.2, 0) is 21.0 Å². The standard InChI is InChI=1S/C18H14OS.C6HF5O3S/c19-15-11-13-18(14-12-15)20(16-7-3-1-4-8-16)17-9-5-2-6-10-17;7-1-2(8)4(10)6(15(12,13)14)5(11)3(1)9/h1-14H;(H,12,13,14). The van der Waals surface area contributed by atoms with Gasteiger partial charge in [0.2, 0.25) is 5.82 Å². The lowest BCUT2D eigenvalue weighted by atomic mass is 10.3. The Labute approximate surface area is 200 Å². The molecule has 11 heteroatoms. The first-order valence-electron chi connectivity index (χ1n) is 9.63. The van der Waals surface area contributed by atoms with Crippen molar-refractivity contribution in [1.29, 1.82) is 0 Å². The van der Waals surface area contributed by atoms with E-state index < -0.39 is 44.1 Å². The van der Waals surface area contributed by atoms with Gasteiger partial charge in [0.15, 0.2) is 38.0 Å². The lowest BCUT2D eigenvalue weighted by molar-refractivity contribution is 0.350. The second-order valence-electron chi connectivity index (χ2n) is 6.78. The largest absolute Gasteiger partial charge is 0.744 e. The van der Waals surface area contributed by atoms with Crippen molar-refractivity contribution in [2.24, 2.45) is 0 Å². The van der Waals surface area contributed by atoms with E-state index in [0.29, 0.717) is 5.75 Å². The van der Waals surface area contributed by atoms with E-state index in [2.05, 4.69) is 48.5 Å². The van der Waals surface area contributed by atoms with E-state index in [-0.39, 0.29) is 10.9 Å². The van der Waals surface area contributed by atoms with Gasteiger partial charge in [0.25, 0.3) is 0 Å². The number of hydrogen-bond acceptors (Lipinski definition) is 4. The topological polar surface area (TPSA) is 77.4 Å². The molecule has 0 radical (unpaired) electrons. The van der Waals surface area contributed by atoms with Crippen LogP contribution >= 0.6 is 0 Å². The Morgan fingerprint density at radius 1 is 0.571 bits per heavy atom. The summed E-state index contributed by atoms with van der Waals surface area (Å²) >= 11 is 0. The highest BCUT2D eigenvalue weighted by molar-refractivity contribution is 7.97. The molecule has 0 aromatic heterocycles. The van der Waals surface area contributed by atoms with Gasteiger partial charge in [-0.15, -0.1) is 0 Å². The number of phenols is 1. The molecule has 0 unspecified atom stereocenters. The molecular formula is C24H15F5O4S2. The summed E-state index contributed by atoms with van der Waals surface area (Å²) in [5.74, 6) is -12.5. The van der Waals surface area contributed by atoms with Crippen molar-refractivity contribution in [3.8, 4) is 5.75 Å². The molecule has 182 valence electrons. The van der Waals surface area contributed by atoms with E-state index in [1.807, 2.05) is 24.3 Å². The van der Waals surface area contributed by atoms with Crippen molar-refractivity contribution in [2.45, 2.75) is 19.6 Å². The normalized spacial score (nSPS) is 11.2. The zero-order valence-corrected chi connectivity index (χ0v) is 19.1. The predicted octanol–water partition coefficient (Wildman–Crippen LogP) is 5.77. The van der Waals surface area contributed by atoms with E-state index >= 15 is 0 Å². The molecule has 0 amide bonds. The number of rotatable bonds is 4. The lowest BCUT2D eigenvalue weighted by Crippen LogP contribution is -2.12. The fraction of sp³-hybridized carbons (Fsp3) is 0. The van der Waals surface area contributed by atoms with Gasteiger partial charge in [-0.1, -0.05) is 36.4 Å². The second-order valence-corrected chi connectivity index (χ2v) is 10.1. The average Bonchev–Trinajstić information content (AvgIpc) is 2.84. The van der Waals surface area contributed by atoms with Crippen molar-refractivity contribution < 1.29 is 40.0 Å². The molecule has 0 heterocycles. The molecule has 0 aliphatic carbocycles. The average molecular weight is 527 g/mol. The van der Waals surface area contributed by atoms with Crippen LogP contribution in [0.2, 0.25) is 0 Å². The predicted molar refractivity (Wildman–Crippen MR) is 117 cm³/mol. The van der Waals surface area contributed by atoms with Crippen LogP contribution in [0.5, 0.6) is 5.75 Å². The third-order valence-electron chi connectivity index (χ3n) is 4.45. The molecule has 35 heavy (non-hydrogen) atoms. The Hall–Kier alpha value is -3.41. The minimum atomic E-state index is -5.77. The maximum Gasteiger partial charge on any atom is 0.200 e. The Morgan fingerprint density at radius 2 is 0.914 bits per heavy atom. The first-order chi connectivity index (χ1) is 16.5. The van der Waals surface area contributed by atoms with Crippen LogP contribution in [0.1, 0.15) is 0 Å². The molecule has 0 aliphatic rings. The summed E-state index contributed by atoms with van der Waals surface area (Å²) in [4.78, 5) is 1.40. The molecular weight excluding hydrogens is 511 g/mol. The summed E-state index contributed by atoms with van der Waals surface area (Å²) in [6.45, 7) is 0. The molecule has 4 nitrogen and oxygen atoms in total. The van der Waals surface area contributed by atoms with Gasteiger partial charge in [-0.25, -0.2) is 30.4 Å². The van der Waals surface area contributed by atoms with Crippen LogP contribution in [0.15, 0.2) is 105 Å². The first-order valence-corrected chi connectivity index (χ1v) is 12.3. The van der Waals surface area contributed by atoms with E-state index in [9.17, 15) is 40.0 Å². The summed E-state index contributed by atoms with van der Waals surface area (Å²) in [6.07, 6.45) is 0. The van der Waals surface area contributed by atoms with Crippen LogP contribution in [0.4, 0.5) is 22.0 Å². The zero-order chi connectivity index (χ0) is 25.8. The van der Waals surface area contributed by atoms with Crippen LogP contribution < -0.4 is 0 Å². The summed E-state index contributed by atoms with van der Waals surface area (Å²) in [5, 5.41) is 9.48. The fourth-order valence-electron chi connectivity index (χ4n) is 2.91. The Morgan fingerprint density at radius 3 is 1.29 bits per heavy atom. The van der Waals surface area contributed by atoms with Gasteiger partial charge in [-0.05, 0) is 48.5 Å². The second kappa shape index (κ2) is 10.9. The van der Waals surface area contributed by atoms with Gasteiger partial charge in [0.05, 0.1) is 10.9 Å². The third kappa shape index (κ3) is 5.99. The van der Waals surface area contributed by atoms with Crippen LogP contribution in [-0.4, -0.2) is 18.1 Å². The number of hydrogen-bond donors (Lipinski definition) is 1. The fourth-order valence-corrected chi connectivity index (χ4v) is 5.61. The highest BCUT2D eigenvalue weighted by atomic mass is 32.2. The van der Waals surface area contributed by atoms with Crippen LogP contribution in [0.25, 0.3) is 0 Å². The lowest BCUT2D eigenvalue weighted by Gasteiger charge is -2.10. The molecule has 0 aliphatic heterocycles. The zero-order valence-electron chi connectivity index (χ0n) is 17.5. The van der Waals surface area contributed by atoms with Crippen LogP contribution in [0, 0.1) is 29.1 Å². The van der Waals surface area contributed by atoms with Crippen molar-refractivity contribution in [3.05, 3.63) is 114 Å². The molecule has 4 rings (SSSR count). The third-order valence-corrected chi connectivity index (χ3v) is 7.54. The van der Waals surface area contributed by atoms with Gasteiger partial charge in [-0.3, -0.25) is 0 Å². The summed E-state index contributed by atoms with van der Waals surface area (Å²) in [6, 6.07) is 28.5. The quantitative estimate of drug-likeness (QED) is 0.120. The first kappa shape index (κ1) is 26.2. The van der Waals surface area contributed by atoms with Crippen molar-refractivity contribution in [1.82, 2.24) is 0 Å². The summed E-state index contributed by atoms with van der Waals surface area (Å²) in [5.41, 5.74) is 0. The molecule has 0 bridgehead atoms. The molecule has 4 aromatic rings. The maximum atomic E-state index is 12.6. The van der Waals surface area contributed by atoms with Crippen molar-refractivity contribution >= 4 is 21.0 Å². The SMILES string of the molecule is O=S(=O)([O-])c1c(F)c(F)c(F)c(F)c1F.Oc1ccc([S+](c2ccccc2)c2ccccc2)cc1. The number of phenolic OH excluding ortho intramolecular Hbond substituents is 1. The number of benzene rings is 4. The Kier molecular flexibility index (Phi) is 8.15. The van der Waals surface area contributed by atoms with E-state index in [1.165, 1.54) is 14.7 Å². The monoisotopic (exact) mass is 526 g/mol. The van der Waals surface area contributed by atoms with E-state index in [1.54, 1.807) is 12.1 Å². The highest BCUT2D eigenvalue weighted by Crippen LogP contribution is 2.31. The van der Waals surface area contributed by atoms with Gasteiger partial charge in [0.1, 0.15) is 20.8 Å². The summed E-state index contributed by atoms with van der Waals surface area (Å²) in [7, 11) is -5.91. The van der Waals surface area contributed by atoms with Gasteiger partial charge in [0, 0.05) is 0 Å². The minimum Gasteiger partial charge on any atom is -0.744 e. The van der Waals surface area contributed by atoms with Gasteiger partial charge in [-0.2, -0.15) is 0 Å². The van der Waals surface area contributed by atoms with E-state index in [4.69, 9.17) is 0 Å². The van der Waals surface area contributed by atoms with Crippen LogP contribution in [0.3, 0.4) is 0 Å². The smallest absolute Gasteiger partial charge is 0.200 e. The molecule has 4 aromatic carbocycles. The molecule has 0 saturated heterocycles. The Bertz CT molecular complexity index is 1350. The molecule has 0 saturated carbocycles. The number of halogens is 5. The molecule has 0 atom stereocenters. The van der Waals surface area contributed by atoms with Gasteiger partial charge >= 0.3 is 0 Å². The van der Waals surface area contributed by atoms with Crippen molar-refractivity contribution in [2.75, 3.05) is 0 Å². The van der Waals surface area contributed by atoms with Crippen molar-refractivity contribution in [3.63, 3.8) is 0 Å². The minimum absolute atomic E-state index is 0.134. The maximum absolute atomic E-state index is 12.6. The molecule has 0 spiro atoms. The van der Waals surface area contributed by atoms with Gasteiger partial charge < -0.3 is 9.66 Å². The summed E-state index contributed by atoms with van der Waals surface area (Å²) < 4.78 is 92.9. The highest BCUT2D eigenvalue weighted by Gasteiger charge is 2.29. The Balaban J connectivity index is 0.000000205. The molecule has 0 fully saturated rings.